The van der Waals surface area contributed by atoms with E-state index >= 15 is 0 Å². The van der Waals surface area contributed by atoms with Crippen LogP contribution < -0.4 is 21.3 Å². The van der Waals surface area contributed by atoms with Crippen molar-refractivity contribution in [2.45, 2.75) is 51.2 Å². The van der Waals surface area contributed by atoms with Gasteiger partial charge in [-0.2, -0.15) is 0 Å². The Hall–Kier alpha value is -3.35. The lowest BCUT2D eigenvalue weighted by Crippen LogP contribution is -2.50. The Bertz CT molecular complexity index is 912. The van der Waals surface area contributed by atoms with Crippen LogP contribution in [-0.2, 0) is 29.8 Å². The second-order valence-electron chi connectivity index (χ2n) is 7.88. The SMILES string of the molecule is CCCCNC(=O)NCc1ccc(CNC(=N)NC2(C=O)CCc3ccccc32)cc1. The third-order valence-electron chi connectivity index (χ3n) is 5.60. The molecule has 0 heterocycles. The summed E-state index contributed by atoms with van der Waals surface area (Å²) in [5, 5.41) is 20.1. The fraction of sp³-hybridized carbons (Fsp3) is 0.375. The smallest absolute Gasteiger partial charge is 0.315 e. The number of benzene rings is 2. The predicted molar refractivity (Wildman–Crippen MR) is 122 cm³/mol. The minimum atomic E-state index is -0.839. The number of nitrogens with one attached hydrogen (secondary N) is 5. The molecule has 0 aliphatic heterocycles. The van der Waals surface area contributed by atoms with Gasteiger partial charge in [0.15, 0.2) is 5.96 Å². The molecule has 0 bridgehead atoms. The predicted octanol–water partition coefficient (Wildman–Crippen LogP) is 2.94. The summed E-state index contributed by atoms with van der Waals surface area (Å²) in [6.45, 7) is 3.70. The fourth-order valence-corrected chi connectivity index (χ4v) is 3.78. The van der Waals surface area contributed by atoms with E-state index in [2.05, 4.69) is 28.2 Å². The molecule has 31 heavy (non-hydrogen) atoms. The van der Waals surface area contributed by atoms with Gasteiger partial charge in [-0.05, 0) is 41.5 Å². The van der Waals surface area contributed by atoms with Crippen LogP contribution in [0.5, 0.6) is 0 Å². The molecule has 0 aromatic heterocycles. The molecule has 5 N–H and O–H groups in total. The van der Waals surface area contributed by atoms with Crippen molar-refractivity contribution in [1.82, 2.24) is 21.3 Å². The average molecular weight is 422 g/mol. The van der Waals surface area contributed by atoms with Gasteiger partial charge in [-0.3, -0.25) is 5.41 Å². The number of aryl methyl sites for hydroxylation is 1. The highest BCUT2D eigenvalue weighted by Gasteiger charge is 2.39. The third-order valence-corrected chi connectivity index (χ3v) is 5.60. The molecule has 7 heteroatoms. The first kappa shape index (κ1) is 22.3. The molecule has 3 rings (SSSR count). The molecule has 7 nitrogen and oxygen atoms in total. The zero-order chi connectivity index (χ0) is 22.1. The quantitative estimate of drug-likeness (QED) is 0.186. The molecule has 0 fully saturated rings. The van der Waals surface area contributed by atoms with Crippen molar-refractivity contribution in [2.24, 2.45) is 0 Å². The lowest BCUT2D eigenvalue weighted by Gasteiger charge is -2.27. The number of aldehydes is 1. The summed E-state index contributed by atoms with van der Waals surface area (Å²) in [6, 6.07) is 15.6. The van der Waals surface area contributed by atoms with Crippen LogP contribution >= 0.6 is 0 Å². The molecule has 2 amide bonds. The minimum Gasteiger partial charge on any atom is -0.352 e. The topological polar surface area (TPSA) is 106 Å². The minimum absolute atomic E-state index is 0.123. The van der Waals surface area contributed by atoms with Crippen LogP contribution in [0, 0.1) is 5.41 Å². The maximum Gasteiger partial charge on any atom is 0.315 e. The summed E-state index contributed by atoms with van der Waals surface area (Å²) in [6.07, 6.45) is 4.40. The van der Waals surface area contributed by atoms with Gasteiger partial charge in [0.1, 0.15) is 11.8 Å². The number of unbranched alkanes of at least 4 members (excludes halogenated alkanes) is 1. The zero-order valence-corrected chi connectivity index (χ0v) is 18.0. The van der Waals surface area contributed by atoms with E-state index in [9.17, 15) is 9.59 Å². The van der Waals surface area contributed by atoms with E-state index in [1.54, 1.807) is 0 Å². The number of hydrogen-bond acceptors (Lipinski definition) is 3. The van der Waals surface area contributed by atoms with Crippen LogP contribution in [0.1, 0.15) is 48.4 Å². The Balaban J connectivity index is 1.46. The standard InChI is InChI=1S/C24H31N5O2/c1-2-3-14-26-23(31)28-16-19-10-8-18(9-11-19)15-27-22(25)29-24(17-30)13-12-20-6-4-5-7-21(20)24/h4-11,17H,2-3,12-16H2,1H3,(H3,25,27,29)(H2,26,28,31). The summed E-state index contributed by atoms with van der Waals surface area (Å²) in [5.41, 5.74) is 3.28. The normalized spacial score (nSPS) is 16.8. The maximum atomic E-state index is 11.9. The Kier molecular flexibility index (Phi) is 7.65. The highest BCUT2D eigenvalue weighted by molar-refractivity contribution is 5.84. The summed E-state index contributed by atoms with van der Waals surface area (Å²) >= 11 is 0. The van der Waals surface area contributed by atoms with Gasteiger partial charge in [-0.1, -0.05) is 61.9 Å². The second-order valence-corrected chi connectivity index (χ2v) is 7.88. The average Bonchev–Trinajstić information content (AvgIpc) is 3.16. The Morgan fingerprint density at radius 3 is 2.39 bits per heavy atom. The molecule has 2 aromatic carbocycles. The molecule has 1 aliphatic carbocycles. The Labute approximate surface area is 183 Å². The van der Waals surface area contributed by atoms with Gasteiger partial charge in [-0.15, -0.1) is 0 Å². The summed E-state index contributed by atoms with van der Waals surface area (Å²) in [5.74, 6) is 0.123. The van der Waals surface area contributed by atoms with Crippen molar-refractivity contribution in [3.8, 4) is 0 Å². The summed E-state index contributed by atoms with van der Waals surface area (Å²) < 4.78 is 0. The van der Waals surface area contributed by atoms with Gasteiger partial charge in [0.25, 0.3) is 0 Å². The van der Waals surface area contributed by atoms with Crippen molar-refractivity contribution in [1.29, 1.82) is 5.41 Å². The van der Waals surface area contributed by atoms with E-state index in [1.807, 2.05) is 48.5 Å². The monoisotopic (exact) mass is 421 g/mol. The molecule has 164 valence electrons. The van der Waals surface area contributed by atoms with Crippen molar-refractivity contribution in [2.75, 3.05) is 6.54 Å². The Morgan fingerprint density at radius 2 is 1.71 bits per heavy atom. The van der Waals surface area contributed by atoms with Crippen molar-refractivity contribution >= 4 is 18.3 Å². The third kappa shape index (κ3) is 5.84. The van der Waals surface area contributed by atoms with Crippen molar-refractivity contribution in [3.63, 3.8) is 0 Å². The van der Waals surface area contributed by atoms with E-state index in [4.69, 9.17) is 5.41 Å². The molecule has 1 unspecified atom stereocenters. The van der Waals surface area contributed by atoms with Crippen LogP contribution in [-0.4, -0.2) is 24.8 Å². The van der Waals surface area contributed by atoms with Crippen LogP contribution in [0.2, 0.25) is 0 Å². The summed E-state index contributed by atoms with van der Waals surface area (Å²) in [4.78, 5) is 23.6. The Morgan fingerprint density at radius 1 is 1.03 bits per heavy atom. The molecule has 1 aliphatic rings. The highest BCUT2D eigenvalue weighted by Crippen LogP contribution is 2.35. The number of hydrogen-bond donors (Lipinski definition) is 5. The molecule has 0 saturated carbocycles. The van der Waals surface area contributed by atoms with Crippen molar-refractivity contribution < 1.29 is 9.59 Å². The van der Waals surface area contributed by atoms with E-state index in [1.165, 1.54) is 0 Å². The van der Waals surface area contributed by atoms with E-state index in [-0.39, 0.29) is 12.0 Å². The molecule has 1 atom stereocenters. The van der Waals surface area contributed by atoms with Gasteiger partial charge in [0, 0.05) is 19.6 Å². The number of urea groups is 1. The number of guanidine groups is 1. The van der Waals surface area contributed by atoms with E-state index in [0.717, 1.165) is 47.8 Å². The number of fused-ring (bicyclic) bond motifs is 1. The summed E-state index contributed by atoms with van der Waals surface area (Å²) in [7, 11) is 0. The van der Waals surface area contributed by atoms with Crippen LogP contribution in [0.15, 0.2) is 48.5 Å². The number of carbonyl (C=O) groups excluding carboxylic acids is 2. The first-order valence-electron chi connectivity index (χ1n) is 10.8. The van der Waals surface area contributed by atoms with Gasteiger partial charge < -0.3 is 26.1 Å². The van der Waals surface area contributed by atoms with Gasteiger partial charge in [0.2, 0.25) is 0 Å². The molecule has 0 radical (unpaired) electrons. The molecule has 0 spiro atoms. The number of amides is 2. The molecule has 2 aromatic rings. The maximum absolute atomic E-state index is 11.9. The molecular formula is C24H31N5O2. The van der Waals surface area contributed by atoms with Crippen LogP contribution in [0.25, 0.3) is 0 Å². The zero-order valence-electron chi connectivity index (χ0n) is 18.0. The lowest BCUT2D eigenvalue weighted by molar-refractivity contribution is -0.113. The first-order valence-corrected chi connectivity index (χ1v) is 10.8. The van der Waals surface area contributed by atoms with Gasteiger partial charge in [-0.25, -0.2) is 4.79 Å². The van der Waals surface area contributed by atoms with Crippen molar-refractivity contribution in [3.05, 3.63) is 70.8 Å². The van der Waals surface area contributed by atoms with E-state index in [0.29, 0.717) is 26.1 Å². The van der Waals surface area contributed by atoms with Crippen LogP contribution in [0.3, 0.4) is 0 Å². The molecule has 0 saturated heterocycles. The van der Waals surface area contributed by atoms with Crippen LogP contribution in [0.4, 0.5) is 4.79 Å². The number of carbonyl (C=O) groups is 2. The van der Waals surface area contributed by atoms with E-state index < -0.39 is 5.54 Å². The van der Waals surface area contributed by atoms with Gasteiger partial charge in [0.05, 0.1) is 0 Å². The lowest BCUT2D eigenvalue weighted by atomic mass is 9.93. The number of rotatable bonds is 9. The first-order chi connectivity index (χ1) is 15.1. The second kappa shape index (κ2) is 10.6. The van der Waals surface area contributed by atoms with Gasteiger partial charge >= 0.3 is 6.03 Å². The highest BCUT2D eigenvalue weighted by atomic mass is 16.2. The largest absolute Gasteiger partial charge is 0.352 e. The fourth-order valence-electron chi connectivity index (χ4n) is 3.78. The molecular weight excluding hydrogens is 390 g/mol.